The minimum Gasteiger partial charge on any atom is -0.366 e. The number of primary amides is 1. The summed E-state index contributed by atoms with van der Waals surface area (Å²) >= 11 is 0. The van der Waals surface area contributed by atoms with E-state index in [1.165, 1.54) is 6.20 Å². The van der Waals surface area contributed by atoms with Crippen molar-refractivity contribution in [3.63, 3.8) is 0 Å². The standard InChI is InChI=1S/C21H27N5O2/c1-20(2,3)19-24-16-14(18(28)25-19)7-9-21(16)8-4-10-26(12-21)15-6-5-13(11-23-15)17(22)27/h5-6,11H,4,7-10,12H2,1-3H3,(H2,22,27)(H,24,25,28). The quantitative estimate of drug-likeness (QED) is 0.828. The molecule has 3 heterocycles. The Kier molecular flexibility index (Phi) is 4.28. The molecule has 0 saturated carbocycles. The SMILES string of the molecule is CC(C)(C)c1nc2c(c(=O)[nH]1)CCC21CCCN(c2ccc(C(N)=O)cn2)C1. The average molecular weight is 381 g/mol. The second-order valence-electron chi connectivity index (χ2n) is 9.07. The Balaban J connectivity index is 1.70. The number of amides is 1. The topological polar surface area (TPSA) is 105 Å². The fourth-order valence-corrected chi connectivity index (χ4v) is 4.45. The van der Waals surface area contributed by atoms with Crippen LogP contribution in [0.2, 0.25) is 0 Å². The maximum atomic E-state index is 12.7. The number of aromatic nitrogens is 3. The number of fused-ring (bicyclic) bond motifs is 2. The number of anilines is 1. The van der Waals surface area contributed by atoms with Crippen LogP contribution in [0, 0.1) is 0 Å². The number of hydrogen-bond acceptors (Lipinski definition) is 5. The molecule has 0 radical (unpaired) electrons. The second-order valence-corrected chi connectivity index (χ2v) is 9.07. The monoisotopic (exact) mass is 381 g/mol. The van der Waals surface area contributed by atoms with Crippen molar-refractivity contribution in [3.05, 3.63) is 51.3 Å². The largest absolute Gasteiger partial charge is 0.366 e. The maximum Gasteiger partial charge on any atom is 0.254 e. The first-order valence-electron chi connectivity index (χ1n) is 9.85. The number of nitrogens with zero attached hydrogens (tertiary/aromatic N) is 3. The molecule has 1 aliphatic carbocycles. The van der Waals surface area contributed by atoms with Gasteiger partial charge in [-0.05, 0) is 37.8 Å². The van der Waals surface area contributed by atoms with Crippen LogP contribution >= 0.6 is 0 Å². The van der Waals surface area contributed by atoms with Crippen molar-refractivity contribution in [2.75, 3.05) is 18.0 Å². The van der Waals surface area contributed by atoms with Crippen molar-refractivity contribution >= 4 is 11.7 Å². The summed E-state index contributed by atoms with van der Waals surface area (Å²) in [5, 5.41) is 0. The predicted molar refractivity (Wildman–Crippen MR) is 108 cm³/mol. The van der Waals surface area contributed by atoms with Crippen molar-refractivity contribution < 1.29 is 4.79 Å². The van der Waals surface area contributed by atoms with Gasteiger partial charge in [-0.15, -0.1) is 0 Å². The van der Waals surface area contributed by atoms with Gasteiger partial charge in [0.15, 0.2) is 0 Å². The van der Waals surface area contributed by atoms with Crippen molar-refractivity contribution in [3.8, 4) is 0 Å². The smallest absolute Gasteiger partial charge is 0.254 e. The third-order valence-electron chi connectivity index (χ3n) is 6.02. The first-order valence-corrected chi connectivity index (χ1v) is 9.85. The van der Waals surface area contributed by atoms with Crippen LogP contribution < -0.4 is 16.2 Å². The molecule has 2 aliphatic rings. The number of H-pyrrole nitrogens is 1. The van der Waals surface area contributed by atoms with E-state index < -0.39 is 5.91 Å². The number of pyridine rings is 1. The molecule has 1 spiro atoms. The Morgan fingerprint density at radius 1 is 1.29 bits per heavy atom. The summed E-state index contributed by atoms with van der Waals surface area (Å²) in [6.45, 7) is 7.88. The molecule has 7 nitrogen and oxygen atoms in total. The molecule has 1 unspecified atom stereocenters. The van der Waals surface area contributed by atoms with Gasteiger partial charge >= 0.3 is 0 Å². The fraction of sp³-hybridized carbons (Fsp3) is 0.524. The van der Waals surface area contributed by atoms with Crippen molar-refractivity contribution in [2.24, 2.45) is 5.73 Å². The van der Waals surface area contributed by atoms with E-state index in [-0.39, 0.29) is 16.4 Å². The van der Waals surface area contributed by atoms with Crippen LogP contribution in [0.4, 0.5) is 5.82 Å². The summed E-state index contributed by atoms with van der Waals surface area (Å²) in [4.78, 5) is 38.6. The van der Waals surface area contributed by atoms with E-state index in [0.29, 0.717) is 5.56 Å². The van der Waals surface area contributed by atoms with Crippen LogP contribution in [0.1, 0.15) is 67.5 Å². The van der Waals surface area contributed by atoms with Gasteiger partial charge in [-0.3, -0.25) is 9.59 Å². The first kappa shape index (κ1) is 18.7. The number of carbonyl (C=O) groups excluding carboxylic acids is 1. The molecule has 28 heavy (non-hydrogen) atoms. The molecule has 1 fully saturated rings. The maximum absolute atomic E-state index is 12.7. The second kappa shape index (κ2) is 6.43. The van der Waals surface area contributed by atoms with E-state index in [1.807, 2.05) is 6.07 Å². The molecule has 4 rings (SSSR count). The first-order chi connectivity index (χ1) is 13.2. The van der Waals surface area contributed by atoms with E-state index in [4.69, 9.17) is 10.7 Å². The minimum absolute atomic E-state index is 0.00728. The number of aromatic amines is 1. The van der Waals surface area contributed by atoms with Crippen LogP contribution in [0.25, 0.3) is 0 Å². The van der Waals surface area contributed by atoms with E-state index >= 15 is 0 Å². The number of nitrogens with two attached hydrogens (primary N) is 1. The van der Waals surface area contributed by atoms with Crippen LogP contribution in [-0.2, 0) is 17.3 Å². The third kappa shape index (κ3) is 3.08. The third-order valence-corrected chi connectivity index (χ3v) is 6.02. The van der Waals surface area contributed by atoms with Gasteiger partial charge in [0.25, 0.3) is 5.56 Å². The highest BCUT2D eigenvalue weighted by molar-refractivity contribution is 5.92. The van der Waals surface area contributed by atoms with Crippen LogP contribution in [0.5, 0.6) is 0 Å². The Morgan fingerprint density at radius 2 is 2.07 bits per heavy atom. The Hall–Kier alpha value is -2.70. The van der Waals surface area contributed by atoms with Crippen LogP contribution in [0.15, 0.2) is 23.1 Å². The highest BCUT2D eigenvalue weighted by Crippen LogP contribution is 2.44. The van der Waals surface area contributed by atoms with Crippen LogP contribution in [0.3, 0.4) is 0 Å². The number of rotatable bonds is 2. The lowest BCUT2D eigenvalue weighted by Gasteiger charge is -2.41. The lowest BCUT2D eigenvalue weighted by Crippen LogP contribution is -2.46. The minimum atomic E-state index is -0.475. The highest BCUT2D eigenvalue weighted by atomic mass is 16.1. The van der Waals surface area contributed by atoms with E-state index in [1.54, 1.807) is 6.07 Å². The summed E-state index contributed by atoms with van der Waals surface area (Å²) in [6.07, 6.45) is 5.27. The summed E-state index contributed by atoms with van der Waals surface area (Å²) in [6, 6.07) is 3.57. The number of nitrogens with one attached hydrogen (secondary N) is 1. The van der Waals surface area contributed by atoms with Gasteiger partial charge in [-0.2, -0.15) is 0 Å². The van der Waals surface area contributed by atoms with Crippen molar-refractivity contribution in [1.82, 2.24) is 15.0 Å². The summed E-state index contributed by atoms with van der Waals surface area (Å²) < 4.78 is 0. The lowest BCUT2D eigenvalue weighted by molar-refractivity contribution is 0.1000. The fourth-order valence-electron chi connectivity index (χ4n) is 4.45. The zero-order valence-electron chi connectivity index (χ0n) is 16.7. The van der Waals surface area contributed by atoms with E-state index in [0.717, 1.165) is 61.7 Å². The Labute approximate surface area is 164 Å². The van der Waals surface area contributed by atoms with Gasteiger partial charge in [0.2, 0.25) is 5.91 Å². The molecule has 2 aromatic heterocycles. The molecule has 1 aliphatic heterocycles. The molecular weight excluding hydrogens is 354 g/mol. The molecular formula is C21H27N5O2. The van der Waals surface area contributed by atoms with Crippen molar-refractivity contribution in [2.45, 2.75) is 57.3 Å². The molecule has 148 valence electrons. The average Bonchev–Trinajstić information content (AvgIpc) is 3.00. The molecule has 1 saturated heterocycles. The lowest BCUT2D eigenvalue weighted by atomic mass is 9.77. The molecule has 0 aromatic carbocycles. The van der Waals surface area contributed by atoms with Crippen LogP contribution in [-0.4, -0.2) is 33.9 Å². The Morgan fingerprint density at radius 3 is 2.71 bits per heavy atom. The molecule has 3 N–H and O–H groups in total. The highest BCUT2D eigenvalue weighted by Gasteiger charge is 2.45. The van der Waals surface area contributed by atoms with Gasteiger partial charge in [0.05, 0.1) is 11.3 Å². The zero-order chi connectivity index (χ0) is 20.1. The number of hydrogen-bond donors (Lipinski definition) is 2. The number of carbonyl (C=O) groups is 1. The summed E-state index contributed by atoms with van der Waals surface area (Å²) in [5.41, 5.74) is 7.22. The predicted octanol–water partition coefficient (Wildman–Crippen LogP) is 2.05. The zero-order valence-corrected chi connectivity index (χ0v) is 16.7. The van der Waals surface area contributed by atoms with Gasteiger partial charge in [0, 0.05) is 35.7 Å². The molecule has 0 bridgehead atoms. The molecule has 2 aromatic rings. The molecule has 1 atom stereocenters. The summed E-state index contributed by atoms with van der Waals surface area (Å²) in [5.74, 6) is 1.11. The number of piperidine rings is 1. The van der Waals surface area contributed by atoms with E-state index in [9.17, 15) is 9.59 Å². The molecule has 1 amide bonds. The van der Waals surface area contributed by atoms with E-state index in [2.05, 4.69) is 35.6 Å². The Bertz CT molecular complexity index is 974. The molecule has 7 heteroatoms. The van der Waals surface area contributed by atoms with Gasteiger partial charge in [-0.25, -0.2) is 9.97 Å². The van der Waals surface area contributed by atoms with Gasteiger partial charge in [-0.1, -0.05) is 20.8 Å². The normalized spacial score (nSPS) is 21.8. The van der Waals surface area contributed by atoms with Gasteiger partial charge in [0.1, 0.15) is 11.6 Å². The van der Waals surface area contributed by atoms with Crippen molar-refractivity contribution in [1.29, 1.82) is 0 Å². The van der Waals surface area contributed by atoms with Gasteiger partial charge < -0.3 is 15.6 Å². The summed E-state index contributed by atoms with van der Waals surface area (Å²) in [7, 11) is 0.